The van der Waals surface area contributed by atoms with Crippen molar-refractivity contribution in [1.29, 1.82) is 0 Å². The van der Waals surface area contributed by atoms with Crippen LogP contribution in [0.5, 0.6) is 0 Å². The maximum absolute atomic E-state index is 13.3. The maximum Gasteiger partial charge on any atom is 0.123 e. The van der Waals surface area contributed by atoms with Gasteiger partial charge in [-0.1, -0.05) is 33.3 Å². The third-order valence-electron chi connectivity index (χ3n) is 4.73. The van der Waals surface area contributed by atoms with Crippen molar-refractivity contribution in [3.8, 4) is 0 Å². The maximum atomic E-state index is 13.3. The Balaban J connectivity index is 2.34. The summed E-state index contributed by atoms with van der Waals surface area (Å²) >= 11 is 0. The molecule has 2 atom stereocenters. The Morgan fingerprint density at radius 3 is 2.68 bits per heavy atom. The van der Waals surface area contributed by atoms with Gasteiger partial charge in [-0.05, 0) is 60.9 Å². The first-order chi connectivity index (χ1) is 8.95. The highest BCUT2D eigenvalue weighted by Gasteiger charge is 2.40. The van der Waals surface area contributed by atoms with Gasteiger partial charge in [0.15, 0.2) is 0 Å². The lowest BCUT2D eigenvalue weighted by Crippen LogP contribution is -2.34. The highest BCUT2D eigenvalue weighted by atomic mass is 19.1. The van der Waals surface area contributed by atoms with Crippen molar-refractivity contribution in [1.82, 2.24) is 5.32 Å². The zero-order valence-electron chi connectivity index (χ0n) is 12.6. The van der Waals surface area contributed by atoms with Crippen molar-refractivity contribution in [2.75, 3.05) is 6.54 Å². The quantitative estimate of drug-likeness (QED) is 0.836. The average Bonchev–Trinajstić information content (AvgIpc) is 2.67. The van der Waals surface area contributed by atoms with Crippen molar-refractivity contribution in [3.63, 3.8) is 0 Å². The molecule has 1 saturated carbocycles. The third kappa shape index (κ3) is 3.00. The van der Waals surface area contributed by atoms with Gasteiger partial charge >= 0.3 is 0 Å². The highest BCUT2D eigenvalue weighted by Crippen LogP contribution is 2.49. The summed E-state index contributed by atoms with van der Waals surface area (Å²) in [5.74, 6) is 0.499. The largest absolute Gasteiger partial charge is 0.310 e. The third-order valence-corrected chi connectivity index (χ3v) is 4.73. The van der Waals surface area contributed by atoms with Crippen molar-refractivity contribution in [2.24, 2.45) is 11.3 Å². The van der Waals surface area contributed by atoms with Gasteiger partial charge in [0.25, 0.3) is 0 Å². The molecule has 1 aliphatic carbocycles. The van der Waals surface area contributed by atoms with Crippen molar-refractivity contribution >= 4 is 0 Å². The van der Waals surface area contributed by atoms with E-state index in [1.54, 1.807) is 12.1 Å². The molecule has 1 aromatic carbocycles. The number of nitrogens with one attached hydrogen (secondary N) is 1. The zero-order valence-corrected chi connectivity index (χ0v) is 12.6. The van der Waals surface area contributed by atoms with Gasteiger partial charge in [-0.25, -0.2) is 4.39 Å². The van der Waals surface area contributed by atoms with E-state index in [2.05, 4.69) is 26.1 Å². The van der Waals surface area contributed by atoms with E-state index in [1.165, 1.54) is 24.8 Å². The first-order valence-electron chi connectivity index (χ1n) is 7.45. The molecule has 2 unspecified atom stereocenters. The molecule has 1 aromatic rings. The van der Waals surface area contributed by atoms with Crippen LogP contribution in [0.25, 0.3) is 0 Å². The van der Waals surface area contributed by atoms with Crippen LogP contribution in [0.2, 0.25) is 0 Å². The summed E-state index contributed by atoms with van der Waals surface area (Å²) < 4.78 is 13.3. The summed E-state index contributed by atoms with van der Waals surface area (Å²) in [7, 11) is 0. The van der Waals surface area contributed by atoms with Gasteiger partial charge in [0.2, 0.25) is 0 Å². The predicted molar refractivity (Wildman–Crippen MR) is 78.7 cm³/mol. The minimum absolute atomic E-state index is 0.137. The Bertz CT molecular complexity index is 439. The van der Waals surface area contributed by atoms with Gasteiger partial charge in [-0.15, -0.1) is 0 Å². The van der Waals surface area contributed by atoms with E-state index < -0.39 is 0 Å². The van der Waals surface area contributed by atoms with E-state index in [4.69, 9.17) is 0 Å². The van der Waals surface area contributed by atoms with Crippen LogP contribution < -0.4 is 5.32 Å². The predicted octanol–water partition coefficient (Wildman–Crippen LogP) is 4.61. The molecule has 0 bridgehead atoms. The van der Waals surface area contributed by atoms with Gasteiger partial charge in [-0.2, -0.15) is 0 Å². The average molecular weight is 263 g/mol. The van der Waals surface area contributed by atoms with E-state index in [-0.39, 0.29) is 5.82 Å². The molecule has 2 rings (SSSR count). The SMILES string of the molecule is CCNC(c1ccc(F)cc1C)C1CCCC1(C)C. The lowest BCUT2D eigenvalue weighted by Gasteiger charge is -2.35. The van der Waals surface area contributed by atoms with E-state index in [0.29, 0.717) is 17.4 Å². The van der Waals surface area contributed by atoms with Crippen LogP contribution in [-0.4, -0.2) is 6.54 Å². The fourth-order valence-corrected chi connectivity index (χ4v) is 3.65. The Labute approximate surface area is 116 Å². The number of rotatable bonds is 4. The number of benzene rings is 1. The molecular weight excluding hydrogens is 237 g/mol. The molecule has 0 amide bonds. The van der Waals surface area contributed by atoms with Crippen LogP contribution >= 0.6 is 0 Å². The van der Waals surface area contributed by atoms with Crippen molar-refractivity contribution in [3.05, 3.63) is 35.1 Å². The normalized spacial score (nSPS) is 23.5. The van der Waals surface area contributed by atoms with Gasteiger partial charge in [0, 0.05) is 6.04 Å². The summed E-state index contributed by atoms with van der Waals surface area (Å²) in [4.78, 5) is 0. The minimum Gasteiger partial charge on any atom is -0.310 e. The van der Waals surface area contributed by atoms with Crippen LogP contribution in [0.3, 0.4) is 0 Å². The molecule has 0 spiro atoms. The number of hydrogen-bond donors (Lipinski definition) is 1. The first-order valence-corrected chi connectivity index (χ1v) is 7.45. The second kappa shape index (κ2) is 5.62. The molecule has 1 nitrogen and oxygen atoms in total. The Hall–Kier alpha value is -0.890. The Kier molecular flexibility index (Phi) is 4.29. The van der Waals surface area contributed by atoms with Crippen LogP contribution in [0, 0.1) is 24.1 Å². The molecular formula is C17H26FN. The molecule has 1 N–H and O–H groups in total. The van der Waals surface area contributed by atoms with Gasteiger partial charge < -0.3 is 5.32 Å². The summed E-state index contributed by atoms with van der Waals surface area (Å²) in [5.41, 5.74) is 2.70. The summed E-state index contributed by atoms with van der Waals surface area (Å²) in [6.07, 6.45) is 3.86. The molecule has 0 saturated heterocycles. The molecule has 1 aliphatic rings. The molecule has 2 heteroatoms. The molecule has 106 valence electrons. The first kappa shape index (κ1) is 14.5. The molecule has 19 heavy (non-hydrogen) atoms. The van der Waals surface area contributed by atoms with Crippen molar-refractivity contribution in [2.45, 2.75) is 53.0 Å². The highest BCUT2D eigenvalue weighted by molar-refractivity contribution is 5.30. The lowest BCUT2D eigenvalue weighted by atomic mass is 9.75. The van der Waals surface area contributed by atoms with Gasteiger partial charge in [0.05, 0.1) is 0 Å². The summed E-state index contributed by atoms with van der Waals surface area (Å²) in [6, 6.07) is 5.56. The molecule has 0 aliphatic heterocycles. The second-order valence-corrected chi connectivity index (χ2v) is 6.52. The molecule has 1 fully saturated rings. The lowest BCUT2D eigenvalue weighted by molar-refractivity contribution is 0.198. The van der Waals surface area contributed by atoms with E-state index >= 15 is 0 Å². The molecule has 0 aromatic heterocycles. The van der Waals surface area contributed by atoms with Gasteiger partial charge in [0.1, 0.15) is 5.82 Å². The zero-order chi connectivity index (χ0) is 14.0. The number of halogens is 1. The van der Waals surface area contributed by atoms with Crippen LogP contribution in [-0.2, 0) is 0 Å². The van der Waals surface area contributed by atoms with E-state index in [1.807, 2.05) is 13.0 Å². The van der Waals surface area contributed by atoms with Crippen LogP contribution in [0.15, 0.2) is 18.2 Å². The minimum atomic E-state index is -0.137. The fraction of sp³-hybridized carbons (Fsp3) is 0.647. The monoisotopic (exact) mass is 263 g/mol. The molecule has 0 radical (unpaired) electrons. The summed E-state index contributed by atoms with van der Waals surface area (Å²) in [6.45, 7) is 9.86. The number of hydrogen-bond acceptors (Lipinski definition) is 1. The molecule has 0 heterocycles. The van der Waals surface area contributed by atoms with Crippen molar-refractivity contribution < 1.29 is 4.39 Å². The second-order valence-electron chi connectivity index (χ2n) is 6.52. The standard InChI is InChI=1S/C17H26FN/c1-5-19-16(15-7-6-10-17(15,3)4)14-9-8-13(18)11-12(14)2/h8-9,11,15-16,19H,5-7,10H2,1-4H3. The van der Waals surface area contributed by atoms with Gasteiger partial charge in [-0.3, -0.25) is 0 Å². The summed E-state index contributed by atoms with van der Waals surface area (Å²) in [5, 5.41) is 3.63. The topological polar surface area (TPSA) is 12.0 Å². The smallest absolute Gasteiger partial charge is 0.123 e. The number of aryl methyl sites for hydroxylation is 1. The van der Waals surface area contributed by atoms with E-state index in [9.17, 15) is 4.39 Å². The Morgan fingerprint density at radius 1 is 1.42 bits per heavy atom. The Morgan fingerprint density at radius 2 is 2.16 bits per heavy atom. The fourth-order valence-electron chi connectivity index (χ4n) is 3.65. The van der Waals surface area contributed by atoms with Crippen LogP contribution in [0.1, 0.15) is 57.2 Å². The van der Waals surface area contributed by atoms with Crippen LogP contribution in [0.4, 0.5) is 4.39 Å². The van der Waals surface area contributed by atoms with E-state index in [0.717, 1.165) is 12.1 Å².